The van der Waals surface area contributed by atoms with Gasteiger partial charge in [0.05, 0.1) is 37.8 Å². The standard InChI is InChI=1S/C30H38N4O6/c1-30(2)19-24(21-10-11-25(38-3)26(17-21)39-4)32-34(28(30)36)22-12-14-33(15-13-22)27(35)18-23(40-29(31)37)16-20-8-6-5-7-9-20/h5-11,17,22-23H,12-16,18-19H2,1-4H3,(H2,31,37)/t23-/m1/s1. The van der Waals surface area contributed by atoms with E-state index in [2.05, 4.69) is 0 Å². The third-order valence-electron chi connectivity index (χ3n) is 7.50. The van der Waals surface area contributed by atoms with Gasteiger partial charge >= 0.3 is 6.09 Å². The van der Waals surface area contributed by atoms with Gasteiger partial charge in [-0.1, -0.05) is 44.2 Å². The molecule has 2 aliphatic heterocycles. The molecule has 1 saturated heterocycles. The molecule has 2 N–H and O–H groups in total. The van der Waals surface area contributed by atoms with Crippen molar-refractivity contribution in [2.24, 2.45) is 16.3 Å². The fourth-order valence-electron chi connectivity index (χ4n) is 5.32. The predicted molar refractivity (Wildman–Crippen MR) is 150 cm³/mol. The van der Waals surface area contributed by atoms with Crippen LogP contribution in [-0.4, -0.2) is 73.0 Å². The number of hydrogen-bond acceptors (Lipinski definition) is 7. The fraction of sp³-hybridized carbons (Fsp3) is 0.467. The zero-order valence-electron chi connectivity index (χ0n) is 23.6. The highest BCUT2D eigenvalue weighted by Gasteiger charge is 2.42. The average molecular weight is 551 g/mol. The topological polar surface area (TPSA) is 124 Å². The maximum Gasteiger partial charge on any atom is 0.404 e. The summed E-state index contributed by atoms with van der Waals surface area (Å²) in [5.41, 5.74) is 7.27. The second kappa shape index (κ2) is 12.4. The molecule has 0 unspecified atom stereocenters. The number of hydrogen-bond donors (Lipinski definition) is 1. The van der Waals surface area contributed by atoms with Gasteiger partial charge in [-0.15, -0.1) is 0 Å². The van der Waals surface area contributed by atoms with E-state index in [0.717, 1.165) is 16.8 Å². The minimum Gasteiger partial charge on any atom is -0.493 e. The van der Waals surface area contributed by atoms with Crippen LogP contribution in [0.5, 0.6) is 11.5 Å². The Morgan fingerprint density at radius 2 is 1.73 bits per heavy atom. The molecule has 0 radical (unpaired) electrons. The Morgan fingerprint density at radius 3 is 2.35 bits per heavy atom. The SMILES string of the molecule is COc1ccc(C2=NN(C3CCN(C(=O)C[C@@H](Cc4ccccc4)OC(N)=O)CC3)C(=O)C(C)(C)C2)cc1OC. The lowest BCUT2D eigenvalue weighted by Gasteiger charge is -2.42. The first-order chi connectivity index (χ1) is 19.1. The molecule has 0 saturated carbocycles. The Bertz CT molecular complexity index is 1250. The highest BCUT2D eigenvalue weighted by atomic mass is 16.6. The Labute approximate surface area is 235 Å². The van der Waals surface area contributed by atoms with Crippen LogP contribution in [0.4, 0.5) is 4.79 Å². The van der Waals surface area contributed by atoms with E-state index in [-0.39, 0.29) is 24.3 Å². The number of nitrogens with zero attached hydrogens (tertiary/aromatic N) is 3. The van der Waals surface area contributed by atoms with Gasteiger partial charge < -0.3 is 24.8 Å². The van der Waals surface area contributed by atoms with Gasteiger partial charge in [-0.3, -0.25) is 9.59 Å². The fourth-order valence-corrected chi connectivity index (χ4v) is 5.32. The Morgan fingerprint density at radius 1 is 1.05 bits per heavy atom. The maximum atomic E-state index is 13.4. The second-order valence-corrected chi connectivity index (χ2v) is 10.9. The first-order valence-corrected chi connectivity index (χ1v) is 13.5. The molecule has 0 spiro atoms. The second-order valence-electron chi connectivity index (χ2n) is 10.9. The molecule has 2 aliphatic rings. The molecule has 4 rings (SSSR count). The molecule has 10 nitrogen and oxygen atoms in total. The average Bonchev–Trinajstić information content (AvgIpc) is 2.94. The number of nitrogens with two attached hydrogens (primary N) is 1. The normalized spacial score (nSPS) is 18.1. The van der Waals surface area contributed by atoms with Gasteiger partial charge in [0.15, 0.2) is 11.5 Å². The van der Waals surface area contributed by atoms with Crippen LogP contribution < -0.4 is 15.2 Å². The summed E-state index contributed by atoms with van der Waals surface area (Å²) >= 11 is 0. The quantitative estimate of drug-likeness (QED) is 0.507. The Balaban J connectivity index is 1.44. The Kier molecular flexibility index (Phi) is 8.96. The number of carbonyl (C=O) groups excluding carboxylic acids is 3. The molecule has 2 heterocycles. The van der Waals surface area contributed by atoms with E-state index in [1.54, 1.807) is 24.1 Å². The highest BCUT2D eigenvalue weighted by Crippen LogP contribution is 2.36. The number of amides is 3. The highest BCUT2D eigenvalue weighted by molar-refractivity contribution is 6.06. The van der Waals surface area contributed by atoms with E-state index in [4.69, 9.17) is 25.0 Å². The van der Waals surface area contributed by atoms with E-state index in [1.807, 2.05) is 62.4 Å². The lowest BCUT2D eigenvalue weighted by atomic mass is 9.82. The van der Waals surface area contributed by atoms with Gasteiger partial charge in [0.25, 0.3) is 0 Å². The lowest BCUT2D eigenvalue weighted by molar-refractivity contribution is -0.145. The summed E-state index contributed by atoms with van der Waals surface area (Å²) in [5.74, 6) is 1.08. The minimum absolute atomic E-state index is 0.0284. The van der Waals surface area contributed by atoms with Crippen molar-refractivity contribution >= 4 is 23.6 Å². The van der Waals surface area contributed by atoms with Gasteiger partial charge in [0, 0.05) is 31.5 Å². The van der Waals surface area contributed by atoms with Crippen molar-refractivity contribution in [2.75, 3.05) is 27.3 Å². The molecule has 214 valence electrons. The van der Waals surface area contributed by atoms with Crippen LogP contribution in [0.25, 0.3) is 0 Å². The smallest absolute Gasteiger partial charge is 0.404 e. The number of methoxy groups -OCH3 is 2. The van der Waals surface area contributed by atoms with Crippen LogP contribution in [0.15, 0.2) is 53.6 Å². The third-order valence-corrected chi connectivity index (χ3v) is 7.50. The first kappa shape index (κ1) is 28.9. The summed E-state index contributed by atoms with van der Waals surface area (Å²) in [6.45, 7) is 4.82. The largest absolute Gasteiger partial charge is 0.493 e. The number of hydrazone groups is 1. The van der Waals surface area contributed by atoms with Crippen molar-refractivity contribution in [3.8, 4) is 11.5 Å². The molecular weight excluding hydrogens is 512 g/mol. The number of ether oxygens (including phenoxy) is 3. The van der Waals surface area contributed by atoms with Gasteiger partial charge in [-0.05, 0) is 36.6 Å². The van der Waals surface area contributed by atoms with Crippen molar-refractivity contribution in [1.82, 2.24) is 9.91 Å². The molecule has 0 aromatic heterocycles. The van der Waals surface area contributed by atoms with Crippen LogP contribution in [0, 0.1) is 5.41 Å². The summed E-state index contributed by atoms with van der Waals surface area (Å²) in [5, 5.41) is 6.43. The third kappa shape index (κ3) is 6.73. The molecule has 10 heteroatoms. The molecule has 1 atom stereocenters. The molecule has 40 heavy (non-hydrogen) atoms. The van der Waals surface area contributed by atoms with Gasteiger partial charge in [0.2, 0.25) is 11.8 Å². The molecule has 2 aromatic rings. The van der Waals surface area contributed by atoms with Gasteiger partial charge in [0.1, 0.15) is 6.10 Å². The maximum absolute atomic E-state index is 13.4. The minimum atomic E-state index is -0.901. The van der Waals surface area contributed by atoms with Crippen molar-refractivity contribution in [3.05, 3.63) is 59.7 Å². The van der Waals surface area contributed by atoms with E-state index in [9.17, 15) is 14.4 Å². The number of carbonyl (C=O) groups is 3. The van der Waals surface area contributed by atoms with Crippen molar-refractivity contribution in [3.63, 3.8) is 0 Å². The van der Waals surface area contributed by atoms with Gasteiger partial charge in [-0.25, -0.2) is 9.80 Å². The van der Waals surface area contributed by atoms with Crippen LogP contribution in [-0.2, 0) is 20.7 Å². The molecule has 2 aromatic carbocycles. The predicted octanol–water partition coefficient (Wildman–Crippen LogP) is 3.75. The van der Waals surface area contributed by atoms with Crippen LogP contribution in [0.1, 0.15) is 50.7 Å². The molecule has 1 fully saturated rings. The summed E-state index contributed by atoms with van der Waals surface area (Å²) in [4.78, 5) is 39.8. The van der Waals surface area contributed by atoms with Crippen LogP contribution >= 0.6 is 0 Å². The van der Waals surface area contributed by atoms with E-state index in [1.165, 1.54) is 0 Å². The summed E-state index contributed by atoms with van der Waals surface area (Å²) in [7, 11) is 3.17. The number of primary amides is 1. The van der Waals surface area contributed by atoms with Crippen molar-refractivity contribution in [2.45, 2.75) is 58.1 Å². The summed E-state index contributed by atoms with van der Waals surface area (Å²) < 4.78 is 16.1. The van der Waals surface area contributed by atoms with Gasteiger partial charge in [-0.2, -0.15) is 5.10 Å². The molecule has 0 bridgehead atoms. The zero-order chi connectivity index (χ0) is 28.9. The van der Waals surface area contributed by atoms with E-state index < -0.39 is 17.6 Å². The monoisotopic (exact) mass is 550 g/mol. The van der Waals surface area contributed by atoms with E-state index >= 15 is 0 Å². The lowest BCUT2D eigenvalue weighted by Crippen LogP contribution is -2.52. The molecular formula is C30H38N4O6. The summed E-state index contributed by atoms with van der Waals surface area (Å²) in [6.07, 6.45) is 0.575. The van der Waals surface area contributed by atoms with E-state index in [0.29, 0.717) is 50.3 Å². The number of rotatable bonds is 9. The van der Waals surface area contributed by atoms with Crippen molar-refractivity contribution in [1.29, 1.82) is 0 Å². The van der Waals surface area contributed by atoms with Crippen LogP contribution in [0.3, 0.4) is 0 Å². The zero-order valence-corrected chi connectivity index (χ0v) is 23.6. The Hall–Kier alpha value is -4.08. The van der Waals surface area contributed by atoms with Crippen molar-refractivity contribution < 1.29 is 28.6 Å². The number of piperidine rings is 1. The number of benzene rings is 2. The summed E-state index contributed by atoms with van der Waals surface area (Å²) in [6, 6.07) is 15.0. The molecule has 0 aliphatic carbocycles. The van der Waals surface area contributed by atoms with Crippen LogP contribution in [0.2, 0.25) is 0 Å². The first-order valence-electron chi connectivity index (χ1n) is 13.5. The molecule has 3 amide bonds. The number of likely N-dealkylation sites (tertiary alicyclic amines) is 1.